The van der Waals surface area contributed by atoms with Gasteiger partial charge in [-0.2, -0.15) is 0 Å². The highest BCUT2D eigenvalue weighted by atomic mass is 16.6. The predicted molar refractivity (Wildman–Crippen MR) is 88.0 cm³/mol. The van der Waals surface area contributed by atoms with Crippen molar-refractivity contribution in [1.82, 2.24) is 0 Å². The van der Waals surface area contributed by atoms with Gasteiger partial charge in [-0.05, 0) is 51.5 Å². The Labute approximate surface area is 129 Å². The Morgan fingerprint density at radius 2 is 1.73 bits per heavy atom. The first-order valence-corrected chi connectivity index (χ1v) is 7.49. The second-order valence-electron chi connectivity index (χ2n) is 6.61. The molecule has 3 rings (SSSR count). The van der Waals surface area contributed by atoms with Crippen LogP contribution in [0.2, 0.25) is 0 Å². The van der Waals surface area contributed by atoms with Gasteiger partial charge in [0.1, 0.15) is 16.8 Å². The molecule has 0 saturated carbocycles. The third kappa shape index (κ3) is 2.71. The maximum absolute atomic E-state index is 12.3. The number of carbonyl (C=O) groups is 1. The van der Waals surface area contributed by atoms with Crippen molar-refractivity contribution in [2.24, 2.45) is 0 Å². The van der Waals surface area contributed by atoms with Crippen LogP contribution in [0.25, 0.3) is 21.9 Å². The summed E-state index contributed by atoms with van der Waals surface area (Å²) in [5.74, 6) is -0.517. The van der Waals surface area contributed by atoms with E-state index >= 15 is 0 Å². The van der Waals surface area contributed by atoms with Crippen LogP contribution in [0.15, 0.2) is 46.9 Å². The largest absolute Gasteiger partial charge is 0.460 e. The Bertz CT molecular complexity index is 837. The number of rotatable bonds is 2. The molecule has 0 spiro atoms. The van der Waals surface area contributed by atoms with Crippen molar-refractivity contribution >= 4 is 27.9 Å². The molecule has 0 fully saturated rings. The molecule has 1 aromatic heterocycles. The lowest BCUT2D eigenvalue weighted by Crippen LogP contribution is -2.26. The van der Waals surface area contributed by atoms with Crippen molar-refractivity contribution in [3.8, 4) is 0 Å². The molecule has 0 aliphatic rings. The summed E-state index contributed by atoms with van der Waals surface area (Å²) in [5.41, 5.74) is 2.16. The average molecular weight is 296 g/mol. The summed E-state index contributed by atoms with van der Waals surface area (Å²) in [7, 11) is 0. The SMILES string of the molecule is CC(C(=O)OC(C)(C)C)c1ccc2oc3ccccc3c2c1. The summed E-state index contributed by atoms with van der Waals surface area (Å²) in [5, 5.41) is 2.10. The maximum Gasteiger partial charge on any atom is 0.313 e. The van der Waals surface area contributed by atoms with E-state index in [0.29, 0.717) is 0 Å². The first-order chi connectivity index (χ1) is 10.3. The number of benzene rings is 2. The standard InChI is InChI=1S/C19H20O3/c1-12(18(20)22-19(2,3)4)13-9-10-17-15(11-13)14-7-5-6-8-16(14)21-17/h5-12H,1-4H3. The fourth-order valence-electron chi connectivity index (χ4n) is 2.54. The molecule has 0 aliphatic heterocycles. The summed E-state index contributed by atoms with van der Waals surface area (Å²) >= 11 is 0. The summed E-state index contributed by atoms with van der Waals surface area (Å²) in [6, 6.07) is 13.8. The van der Waals surface area contributed by atoms with Gasteiger partial charge in [0.2, 0.25) is 0 Å². The van der Waals surface area contributed by atoms with Crippen LogP contribution in [-0.2, 0) is 9.53 Å². The van der Waals surface area contributed by atoms with E-state index in [1.165, 1.54) is 0 Å². The lowest BCUT2D eigenvalue weighted by atomic mass is 9.98. The Hall–Kier alpha value is -2.29. The average Bonchev–Trinajstić information content (AvgIpc) is 2.82. The molecule has 1 atom stereocenters. The van der Waals surface area contributed by atoms with Crippen molar-refractivity contribution in [2.75, 3.05) is 0 Å². The van der Waals surface area contributed by atoms with E-state index in [1.54, 1.807) is 0 Å². The van der Waals surface area contributed by atoms with Crippen molar-refractivity contribution in [1.29, 1.82) is 0 Å². The van der Waals surface area contributed by atoms with Crippen LogP contribution in [0.1, 0.15) is 39.2 Å². The molecule has 3 nitrogen and oxygen atoms in total. The third-order valence-electron chi connectivity index (χ3n) is 3.66. The van der Waals surface area contributed by atoms with Gasteiger partial charge in [0.25, 0.3) is 0 Å². The van der Waals surface area contributed by atoms with Crippen molar-refractivity contribution in [3.05, 3.63) is 48.0 Å². The zero-order chi connectivity index (χ0) is 15.9. The monoisotopic (exact) mass is 296 g/mol. The molecule has 0 bridgehead atoms. The summed E-state index contributed by atoms with van der Waals surface area (Å²) in [6.07, 6.45) is 0. The van der Waals surface area contributed by atoms with Crippen LogP contribution in [0, 0.1) is 0 Å². The second-order valence-corrected chi connectivity index (χ2v) is 6.61. The normalized spacial score (nSPS) is 13.5. The van der Waals surface area contributed by atoms with E-state index in [1.807, 2.05) is 70.2 Å². The predicted octanol–water partition coefficient (Wildman–Crippen LogP) is 5.03. The van der Waals surface area contributed by atoms with Crippen molar-refractivity contribution < 1.29 is 13.9 Å². The van der Waals surface area contributed by atoms with Gasteiger partial charge in [-0.3, -0.25) is 4.79 Å². The van der Waals surface area contributed by atoms with Gasteiger partial charge in [0.05, 0.1) is 5.92 Å². The van der Waals surface area contributed by atoms with Gasteiger partial charge in [0.15, 0.2) is 0 Å². The van der Waals surface area contributed by atoms with Gasteiger partial charge >= 0.3 is 5.97 Å². The lowest BCUT2D eigenvalue weighted by molar-refractivity contribution is -0.156. The molecule has 3 heteroatoms. The molecular weight excluding hydrogens is 276 g/mol. The number of ether oxygens (including phenoxy) is 1. The second kappa shape index (κ2) is 5.16. The molecular formula is C19H20O3. The van der Waals surface area contributed by atoms with E-state index in [2.05, 4.69) is 0 Å². The first kappa shape index (κ1) is 14.6. The Kier molecular flexibility index (Phi) is 3.44. The Balaban J connectivity index is 2.01. The summed E-state index contributed by atoms with van der Waals surface area (Å²) in [6.45, 7) is 7.51. The number of hydrogen-bond acceptors (Lipinski definition) is 3. The minimum absolute atomic E-state index is 0.209. The van der Waals surface area contributed by atoms with Crippen LogP contribution in [0.3, 0.4) is 0 Å². The van der Waals surface area contributed by atoms with Crippen LogP contribution in [-0.4, -0.2) is 11.6 Å². The molecule has 1 heterocycles. The highest BCUT2D eigenvalue weighted by Gasteiger charge is 2.23. The van der Waals surface area contributed by atoms with E-state index < -0.39 is 5.60 Å². The van der Waals surface area contributed by atoms with E-state index in [-0.39, 0.29) is 11.9 Å². The van der Waals surface area contributed by atoms with Gasteiger partial charge in [-0.15, -0.1) is 0 Å². The Morgan fingerprint density at radius 3 is 2.45 bits per heavy atom. The quantitative estimate of drug-likeness (QED) is 0.622. The minimum atomic E-state index is -0.474. The molecule has 114 valence electrons. The highest BCUT2D eigenvalue weighted by Crippen LogP contribution is 2.31. The first-order valence-electron chi connectivity index (χ1n) is 7.49. The van der Waals surface area contributed by atoms with Crippen LogP contribution in [0.5, 0.6) is 0 Å². The van der Waals surface area contributed by atoms with E-state index in [4.69, 9.17) is 9.15 Å². The summed E-state index contributed by atoms with van der Waals surface area (Å²) < 4.78 is 11.3. The maximum atomic E-state index is 12.3. The number of carbonyl (C=O) groups excluding carboxylic acids is 1. The molecule has 1 unspecified atom stereocenters. The molecule has 22 heavy (non-hydrogen) atoms. The molecule has 0 amide bonds. The van der Waals surface area contributed by atoms with Crippen LogP contribution >= 0.6 is 0 Å². The minimum Gasteiger partial charge on any atom is -0.460 e. The number of furan rings is 1. The molecule has 3 aromatic rings. The van der Waals surface area contributed by atoms with Gasteiger partial charge < -0.3 is 9.15 Å². The van der Waals surface area contributed by atoms with Crippen LogP contribution < -0.4 is 0 Å². The molecule has 0 N–H and O–H groups in total. The van der Waals surface area contributed by atoms with E-state index in [9.17, 15) is 4.79 Å². The summed E-state index contributed by atoms with van der Waals surface area (Å²) in [4.78, 5) is 12.3. The fourth-order valence-corrected chi connectivity index (χ4v) is 2.54. The fraction of sp³-hybridized carbons (Fsp3) is 0.316. The van der Waals surface area contributed by atoms with Gasteiger partial charge in [-0.25, -0.2) is 0 Å². The lowest BCUT2D eigenvalue weighted by Gasteiger charge is -2.22. The zero-order valence-corrected chi connectivity index (χ0v) is 13.3. The third-order valence-corrected chi connectivity index (χ3v) is 3.66. The van der Waals surface area contributed by atoms with Crippen molar-refractivity contribution in [3.63, 3.8) is 0 Å². The molecule has 2 aromatic carbocycles. The topological polar surface area (TPSA) is 39.4 Å². The molecule has 0 radical (unpaired) electrons. The zero-order valence-electron chi connectivity index (χ0n) is 13.3. The Morgan fingerprint density at radius 1 is 1.05 bits per heavy atom. The number of hydrogen-bond donors (Lipinski definition) is 0. The van der Waals surface area contributed by atoms with Gasteiger partial charge in [-0.1, -0.05) is 24.3 Å². The molecule has 0 aliphatic carbocycles. The number of fused-ring (bicyclic) bond motifs is 3. The number of para-hydroxylation sites is 1. The van der Waals surface area contributed by atoms with Crippen LogP contribution in [0.4, 0.5) is 0 Å². The van der Waals surface area contributed by atoms with E-state index in [0.717, 1.165) is 27.5 Å². The van der Waals surface area contributed by atoms with Gasteiger partial charge in [0, 0.05) is 10.8 Å². The smallest absolute Gasteiger partial charge is 0.313 e. The highest BCUT2D eigenvalue weighted by molar-refractivity contribution is 6.05. The van der Waals surface area contributed by atoms with Crippen molar-refractivity contribution in [2.45, 2.75) is 39.2 Å². The molecule has 0 saturated heterocycles. The number of esters is 1.